The van der Waals surface area contributed by atoms with Crippen LogP contribution < -0.4 is 15.4 Å². The van der Waals surface area contributed by atoms with Crippen LogP contribution >= 0.6 is 11.3 Å². The van der Waals surface area contributed by atoms with E-state index in [0.29, 0.717) is 47.3 Å². The lowest BCUT2D eigenvalue weighted by Crippen LogP contribution is -2.51. The second kappa shape index (κ2) is 14.8. The van der Waals surface area contributed by atoms with Gasteiger partial charge in [-0.15, -0.1) is 11.3 Å². The Bertz CT molecular complexity index is 2470. The van der Waals surface area contributed by atoms with Gasteiger partial charge >= 0.3 is 6.09 Å². The Kier molecular flexibility index (Phi) is 9.64. The summed E-state index contributed by atoms with van der Waals surface area (Å²) >= 11 is 1.71. The third kappa shape index (κ3) is 6.67. The molecule has 4 aromatic heterocycles. The lowest BCUT2D eigenvalue weighted by atomic mass is 10.0. The number of fused-ring (bicyclic) bond motifs is 5. The van der Waals surface area contributed by atoms with Crippen molar-refractivity contribution in [1.29, 1.82) is 0 Å². The zero-order valence-corrected chi connectivity index (χ0v) is 33.5. The Hall–Kier alpha value is -5.47. The number of aromatic nitrogens is 5. The van der Waals surface area contributed by atoms with Crippen molar-refractivity contribution in [3.05, 3.63) is 88.1 Å². The van der Waals surface area contributed by atoms with Crippen molar-refractivity contribution in [3.8, 4) is 39.5 Å². The minimum atomic E-state index is -0.744. The number of thiophene rings is 1. The molecule has 7 heterocycles. The Morgan fingerprint density at radius 2 is 1.75 bits per heavy atom. The zero-order valence-electron chi connectivity index (χ0n) is 32.7. The number of methoxy groups -OCH3 is 1. The molecule has 296 valence electrons. The van der Waals surface area contributed by atoms with Crippen molar-refractivity contribution in [2.75, 3.05) is 20.2 Å². The maximum atomic E-state index is 16.7. The lowest BCUT2D eigenvalue weighted by Gasteiger charge is -2.30. The number of ether oxygens (including phenoxy) is 2. The van der Waals surface area contributed by atoms with E-state index in [4.69, 9.17) is 14.5 Å². The number of amides is 2. The molecule has 4 atom stereocenters. The summed E-state index contributed by atoms with van der Waals surface area (Å²) in [6.07, 6.45) is 6.09. The van der Waals surface area contributed by atoms with E-state index >= 15 is 4.39 Å². The molecule has 9 rings (SSSR count). The maximum absolute atomic E-state index is 16.7. The molecule has 0 bridgehead atoms. The number of nitrogens with zero attached hydrogens (tertiary/aromatic N) is 4. The predicted molar refractivity (Wildman–Crippen MR) is 218 cm³/mol. The standard InChI is InChI=1S/C43H47FN8O4S/c1-22(2)35-12-13-36(57-35)42-52-31-11-10-24(29-20-46-39(48-29)28-8-6-14-45-28)16-26(31)18-33(52)37-27(44)17-25(19-34(37)56-42)30-21-47-40(49-30)32-9-7-15-51(32)41(53)38(23(3)4)50-43(54)55-5/h10-13,16-23,28,32,38,42,45H,6-9,14-15H2,1-5H3,(H,46,48)(H,47,49)(H,50,54)/t28-,32-,38-,42?/m0/s1. The van der Waals surface area contributed by atoms with E-state index < -0.39 is 24.2 Å². The molecule has 2 amide bonds. The number of aromatic amines is 2. The fourth-order valence-electron chi connectivity index (χ4n) is 8.52. The largest absolute Gasteiger partial charge is 0.464 e. The molecule has 12 nitrogen and oxygen atoms in total. The number of imidazole rings is 2. The molecule has 3 aliphatic heterocycles. The van der Waals surface area contributed by atoms with Crippen molar-refractivity contribution in [1.82, 2.24) is 40.0 Å². The van der Waals surface area contributed by atoms with Crippen LogP contribution in [-0.4, -0.2) is 67.6 Å². The molecule has 2 fully saturated rings. The van der Waals surface area contributed by atoms with Crippen LogP contribution in [0.25, 0.3) is 44.7 Å². The Labute approximate surface area is 334 Å². The third-order valence-electron chi connectivity index (χ3n) is 11.5. The number of likely N-dealkylation sites (tertiary alicyclic amines) is 1. The van der Waals surface area contributed by atoms with E-state index in [1.54, 1.807) is 22.4 Å². The van der Waals surface area contributed by atoms with E-state index in [9.17, 15) is 9.59 Å². The van der Waals surface area contributed by atoms with Crippen LogP contribution in [0, 0.1) is 11.7 Å². The van der Waals surface area contributed by atoms with Crippen LogP contribution in [-0.2, 0) is 9.53 Å². The van der Waals surface area contributed by atoms with Crippen molar-refractivity contribution in [2.24, 2.45) is 5.92 Å². The summed E-state index contributed by atoms with van der Waals surface area (Å²) in [7, 11) is 1.28. The summed E-state index contributed by atoms with van der Waals surface area (Å²) in [4.78, 5) is 46.1. The van der Waals surface area contributed by atoms with Crippen LogP contribution in [0.1, 0.15) is 99.0 Å². The second-order valence-corrected chi connectivity index (χ2v) is 17.1. The maximum Gasteiger partial charge on any atom is 0.407 e. The highest BCUT2D eigenvalue weighted by Crippen LogP contribution is 2.48. The van der Waals surface area contributed by atoms with Gasteiger partial charge in [0.05, 0.1) is 64.6 Å². The fraction of sp³-hybridized carbons (Fsp3) is 0.395. The average molecular weight is 791 g/mol. The molecular weight excluding hydrogens is 744 g/mol. The first-order valence-corrected chi connectivity index (χ1v) is 20.6. The molecule has 3 aliphatic rings. The first-order chi connectivity index (χ1) is 27.6. The topological polar surface area (TPSA) is 142 Å². The highest BCUT2D eigenvalue weighted by atomic mass is 32.1. The van der Waals surface area contributed by atoms with Gasteiger partial charge in [-0.25, -0.2) is 19.2 Å². The van der Waals surface area contributed by atoms with E-state index in [-0.39, 0.29) is 23.9 Å². The molecule has 0 radical (unpaired) electrons. The summed E-state index contributed by atoms with van der Waals surface area (Å²) in [5.74, 6) is 1.59. The van der Waals surface area contributed by atoms with Crippen molar-refractivity contribution in [3.63, 3.8) is 0 Å². The van der Waals surface area contributed by atoms with Gasteiger partial charge in [0.1, 0.15) is 29.3 Å². The van der Waals surface area contributed by atoms with Gasteiger partial charge in [0.15, 0.2) is 0 Å². The van der Waals surface area contributed by atoms with E-state index in [0.717, 1.165) is 64.4 Å². The minimum absolute atomic E-state index is 0.150. The highest BCUT2D eigenvalue weighted by Gasteiger charge is 2.38. The first kappa shape index (κ1) is 37.1. The predicted octanol–water partition coefficient (Wildman–Crippen LogP) is 8.82. The van der Waals surface area contributed by atoms with Crippen LogP contribution in [0.2, 0.25) is 0 Å². The number of hydrogen-bond acceptors (Lipinski definition) is 8. The monoisotopic (exact) mass is 790 g/mol. The number of nitrogens with one attached hydrogen (secondary N) is 4. The smallest absolute Gasteiger partial charge is 0.407 e. The summed E-state index contributed by atoms with van der Waals surface area (Å²) in [5, 5.41) is 7.18. The number of rotatable bonds is 9. The number of carbonyl (C=O) groups is 2. The Morgan fingerprint density at radius 1 is 0.965 bits per heavy atom. The molecule has 14 heteroatoms. The van der Waals surface area contributed by atoms with Gasteiger partial charge in [-0.3, -0.25) is 9.36 Å². The third-order valence-corrected chi connectivity index (χ3v) is 12.9. The molecule has 57 heavy (non-hydrogen) atoms. The summed E-state index contributed by atoms with van der Waals surface area (Å²) < 4.78 is 30.4. The molecule has 1 unspecified atom stereocenters. The van der Waals surface area contributed by atoms with E-state index in [1.165, 1.54) is 18.1 Å². The van der Waals surface area contributed by atoms with Gasteiger partial charge in [0.2, 0.25) is 12.1 Å². The SMILES string of the molecule is COC(=O)N[C@H](C(=O)N1CCC[C@H]1c1ncc(-c2cc(F)c3c(c2)OC(c2ccc(C(C)C)s2)n2c-3cc3cc(-c4cnc([C@@H]5CCCN5)[nH]4)ccc32)[nH]1)C(C)C. The molecule has 6 aromatic rings. The quantitative estimate of drug-likeness (QED) is 0.115. The lowest BCUT2D eigenvalue weighted by molar-refractivity contribution is -0.135. The van der Waals surface area contributed by atoms with Crippen molar-refractivity contribution < 1.29 is 23.5 Å². The van der Waals surface area contributed by atoms with Crippen LogP contribution in [0.4, 0.5) is 9.18 Å². The molecule has 4 N–H and O–H groups in total. The molecule has 0 aliphatic carbocycles. The number of alkyl carbamates (subject to hydrolysis) is 1. The van der Waals surface area contributed by atoms with Crippen molar-refractivity contribution >= 4 is 34.2 Å². The summed E-state index contributed by atoms with van der Waals surface area (Å²) in [5.41, 5.74) is 5.22. The molecule has 0 saturated carbocycles. The average Bonchev–Trinajstić information content (AvgIpc) is 4.06. The van der Waals surface area contributed by atoms with Gasteiger partial charge in [-0.05, 0) is 86.5 Å². The van der Waals surface area contributed by atoms with Crippen molar-refractivity contribution in [2.45, 2.75) is 83.6 Å². The normalized spacial score (nSPS) is 19.6. The molecule has 2 aromatic carbocycles. The van der Waals surface area contributed by atoms with Gasteiger partial charge in [0.25, 0.3) is 0 Å². The van der Waals surface area contributed by atoms with Gasteiger partial charge in [0, 0.05) is 27.9 Å². The fourth-order valence-corrected chi connectivity index (χ4v) is 9.56. The van der Waals surface area contributed by atoms with Gasteiger partial charge in [-0.2, -0.15) is 0 Å². The number of carbonyl (C=O) groups excluding carboxylic acids is 2. The summed E-state index contributed by atoms with van der Waals surface area (Å²) in [6.45, 7) is 9.65. The van der Waals surface area contributed by atoms with Crippen LogP contribution in [0.3, 0.4) is 0 Å². The van der Waals surface area contributed by atoms with Crippen LogP contribution in [0.5, 0.6) is 5.75 Å². The van der Waals surface area contributed by atoms with Gasteiger partial charge < -0.3 is 35.0 Å². The first-order valence-electron chi connectivity index (χ1n) is 19.8. The zero-order chi connectivity index (χ0) is 39.5. The summed E-state index contributed by atoms with van der Waals surface area (Å²) in [6, 6.07) is 15.2. The Balaban J connectivity index is 1.07. The van der Waals surface area contributed by atoms with Gasteiger partial charge in [-0.1, -0.05) is 33.8 Å². The number of H-pyrrole nitrogens is 2. The molecular formula is C43H47FN8O4S. The Morgan fingerprint density at radius 3 is 2.49 bits per heavy atom. The number of hydrogen-bond donors (Lipinski definition) is 4. The number of benzene rings is 2. The number of halogens is 1. The minimum Gasteiger partial charge on any atom is -0.464 e. The molecule has 0 spiro atoms. The van der Waals surface area contributed by atoms with Crippen LogP contribution in [0.15, 0.2) is 60.9 Å². The van der Waals surface area contributed by atoms with E-state index in [1.807, 2.05) is 26.1 Å². The van der Waals surface area contributed by atoms with E-state index in [2.05, 4.69) is 80.4 Å². The highest BCUT2D eigenvalue weighted by molar-refractivity contribution is 7.12. The second-order valence-electron chi connectivity index (χ2n) is 15.9. The molecule has 2 saturated heterocycles.